The predicted molar refractivity (Wildman–Crippen MR) is 317 cm³/mol. The third-order valence-electron chi connectivity index (χ3n) is 13.7. The molecule has 6 aromatic carbocycles. The maximum absolute atomic E-state index is 15.4. The molecule has 448 valence electrons. The summed E-state index contributed by atoms with van der Waals surface area (Å²) in [5, 5.41) is 5.82. The third-order valence-corrected chi connectivity index (χ3v) is 14.0. The molecule has 0 bridgehead atoms. The van der Waals surface area contributed by atoms with Crippen LogP contribution in [0.25, 0.3) is 27.5 Å². The highest BCUT2D eigenvalue weighted by molar-refractivity contribution is 6.34. The van der Waals surface area contributed by atoms with E-state index in [4.69, 9.17) is 54.2 Å². The molecule has 0 atom stereocenters. The average Bonchev–Trinajstić information content (AvgIpc) is 1.59. The Morgan fingerprint density at radius 1 is 0.625 bits per heavy atom. The van der Waals surface area contributed by atoms with Crippen LogP contribution in [0.4, 0.5) is 24.5 Å². The molecule has 0 radical (unpaired) electrons. The summed E-state index contributed by atoms with van der Waals surface area (Å²) in [5.41, 5.74) is -1.03. The Balaban J connectivity index is 0.000000182. The van der Waals surface area contributed by atoms with Crippen LogP contribution in [0.1, 0.15) is 33.2 Å². The first kappa shape index (κ1) is 58.8. The van der Waals surface area contributed by atoms with Gasteiger partial charge in [0.15, 0.2) is 46.1 Å². The van der Waals surface area contributed by atoms with E-state index in [9.17, 15) is 28.4 Å². The number of rotatable bonds is 15. The van der Waals surface area contributed by atoms with Crippen molar-refractivity contribution in [2.24, 2.45) is 7.05 Å². The lowest BCUT2D eigenvalue weighted by molar-refractivity contribution is 0.101. The quantitative estimate of drug-likeness (QED) is 0.0971. The summed E-state index contributed by atoms with van der Waals surface area (Å²) in [6.45, 7) is 3.51. The second kappa shape index (κ2) is 25.3. The number of methoxy groups -OCH3 is 2. The van der Waals surface area contributed by atoms with Gasteiger partial charge in [-0.1, -0.05) is 41.9 Å². The molecule has 88 heavy (non-hydrogen) atoms. The van der Waals surface area contributed by atoms with Crippen molar-refractivity contribution in [1.82, 2.24) is 23.7 Å². The van der Waals surface area contributed by atoms with E-state index in [1.54, 1.807) is 37.4 Å². The van der Waals surface area contributed by atoms with Gasteiger partial charge in [-0.15, -0.1) is 0 Å². The number of benzene rings is 6. The molecule has 0 fully saturated rings. The Morgan fingerprint density at radius 2 is 1.22 bits per heavy atom. The Bertz CT molecular complexity index is 4570. The van der Waals surface area contributed by atoms with Gasteiger partial charge in [-0.3, -0.25) is 29.1 Å². The van der Waals surface area contributed by atoms with Gasteiger partial charge < -0.3 is 62.4 Å². The zero-order valence-electron chi connectivity index (χ0n) is 47.0. The fraction of sp³-hybridized carbons (Fsp3) is 0.159. The molecule has 2 amide bonds. The SMILES string of the molecule is CCOc1ccn(Cc2ccccc2)c(=O)c1C(=O)Nc1ccc(Oc2ccnc3cc(OC)c4c(c23)OCCO4)c(F)c1.COc1cc2nccc(Oc3cc(Cl)c(NC(=O)c4cn(C)c(=O)n(-c5ccc(F)cc5)c4=O)cc3F)c2c2c1OCCO2. The largest absolute Gasteiger partial charge is 0.493 e. The molecular weight excluding hydrogens is 1170 g/mol. The molecule has 2 N–H and O–H groups in total. The fourth-order valence-corrected chi connectivity index (χ4v) is 9.80. The van der Waals surface area contributed by atoms with Gasteiger partial charge >= 0.3 is 5.69 Å². The minimum Gasteiger partial charge on any atom is -0.493 e. The summed E-state index contributed by atoms with van der Waals surface area (Å²) >= 11 is 6.40. The number of hydrogen-bond acceptors (Lipinski definition) is 16. The number of hydrogen-bond donors (Lipinski definition) is 2. The highest BCUT2D eigenvalue weighted by Gasteiger charge is 2.28. The van der Waals surface area contributed by atoms with Gasteiger partial charge in [-0.2, -0.15) is 0 Å². The van der Waals surface area contributed by atoms with Crippen molar-refractivity contribution in [2.45, 2.75) is 13.5 Å². The molecule has 0 saturated carbocycles. The van der Waals surface area contributed by atoms with Gasteiger partial charge in [-0.25, -0.2) is 22.5 Å². The van der Waals surface area contributed by atoms with Gasteiger partial charge in [-0.05, 0) is 67.1 Å². The minimum absolute atomic E-state index is 0.0533. The van der Waals surface area contributed by atoms with Crippen LogP contribution in [0.3, 0.4) is 0 Å². The molecular formula is C63H49ClF3N7O14. The molecule has 25 heteroatoms. The molecule has 0 spiro atoms. The van der Waals surface area contributed by atoms with Crippen molar-refractivity contribution in [3.8, 4) is 68.9 Å². The van der Waals surface area contributed by atoms with Gasteiger partial charge in [0.05, 0.1) is 65.6 Å². The highest BCUT2D eigenvalue weighted by Crippen LogP contribution is 2.50. The van der Waals surface area contributed by atoms with Crippen molar-refractivity contribution in [3.05, 3.63) is 210 Å². The second-order valence-corrected chi connectivity index (χ2v) is 19.7. The van der Waals surface area contributed by atoms with Crippen LogP contribution in [0, 0.1) is 17.5 Å². The molecule has 6 heterocycles. The molecule has 2 aliphatic heterocycles. The number of fused-ring (bicyclic) bond motifs is 6. The number of anilines is 2. The van der Waals surface area contributed by atoms with Crippen LogP contribution in [0.15, 0.2) is 154 Å². The van der Waals surface area contributed by atoms with Crippen LogP contribution >= 0.6 is 11.6 Å². The monoisotopic (exact) mass is 1220 g/mol. The zero-order chi connectivity index (χ0) is 61.8. The smallest absolute Gasteiger partial charge is 0.335 e. The number of aryl methyl sites for hydroxylation is 1. The lowest BCUT2D eigenvalue weighted by Gasteiger charge is -2.23. The van der Waals surface area contributed by atoms with Crippen LogP contribution in [-0.2, 0) is 13.6 Å². The van der Waals surface area contributed by atoms with Crippen molar-refractivity contribution < 1.29 is 65.4 Å². The zero-order valence-corrected chi connectivity index (χ0v) is 47.7. The summed E-state index contributed by atoms with van der Waals surface area (Å²) in [5.74, 6) is -1.30. The Labute approximate surface area is 501 Å². The van der Waals surface area contributed by atoms with E-state index in [-0.39, 0.29) is 70.4 Å². The molecule has 21 nitrogen and oxygen atoms in total. The van der Waals surface area contributed by atoms with Crippen LogP contribution in [0.2, 0.25) is 5.02 Å². The van der Waals surface area contributed by atoms with E-state index in [1.807, 2.05) is 30.3 Å². The first-order chi connectivity index (χ1) is 42.6. The van der Waals surface area contributed by atoms with E-state index in [0.717, 1.165) is 51.2 Å². The maximum Gasteiger partial charge on any atom is 0.335 e. The fourth-order valence-electron chi connectivity index (χ4n) is 9.60. The number of ether oxygens (including phenoxy) is 9. The number of amides is 2. The van der Waals surface area contributed by atoms with Gasteiger partial charge in [0.2, 0.25) is 11.5 Å². The third kappa shape index (κ3) is 11.9. The highest BCUT2D eigenvalue weighted by atomic mass is 35.5. The number of halogens is 4. The van der Waals surface area contributed by atoms with E-state index >= 15 is 8.78 Å². The number of carbonyl (C=O) groups is 2. The lowest BCUT2D eigenvalue weighted by atomic mass is 10.1. The summed E-state index contributed by atoms with van der Waals surface area (Å²) in [7, 11) is 4.34. The van der Waals surface area contributed by atoms with Crippen molar-refractivity contribution in [1.29, 1.82) is 0 Å². The summed E-state index contributed by atoms with van der Waals surface area (Å²) in [4.78, 5) is 74.4. The Hall–Kier alpha value is -11.0. The van der Waals surface area contributed by atoms with E-state index in [0.29, 0.717) is 81.9 Å². The first-order valence-electron chi connectivity index (χ1n) is 26.9. The Kier molecular flexibility index (Phi) is 16.9. The van der Waals surface area contributed by atoms with E-state index in [2.05, 4.69) is 20.6 Å². The van der Waals surface area contributed by atoms with Crippen LogP contribution < -0.4 is 70.1 Å². The van der Waals surface area contributed by atoms with Gasteiger partial charge in [0, 0.05) is 67.9 Å². The van der Waals surface area contributed by atoms with E-state index in [1.165, 1.54) is 68.6 Å². The standard InChI is InChI=1S/C33H28FN3O7.C30H21ClF2N4O7/c1-3-41-25-12-14-37(19-20-7-5-4-6-8-20)33(39)29(25)32(38)36-21-9-10-24(22(34)17-21)44-26-11-13-35-23-18-27(40-2)30-31(28(23)26)43-16-15-42-30;1-36-14-17(29(39)37(30(36)40)16-5-3-15(32)4-6-16)28(38)35-20-12-19(33)23(11-18(20)31)44-22-7-8-34-21-13-24(41-2)26-27(25(21)22)43-10-9-42-26/h4-14,17-18H,3,15-16,19H2,1-2H3,(H,36,38);3-8,11-14H,9-10H2,1-2H3,(H,35,38). The van der Waals surface area contributed by atoms with Crippen LogP contribution in [0.5, 0.6) is 63.2 Å². The van der Waals surface area contributed by atoms with Crippen molar-refractivity contribution in [2.75, 3.05) is 57.9 Å². The molecule has 0 unspecified atom stereocenters. The number of carbonyl (C=O) groups excluding carboxylic acids is 2. The Morgan fingerprint density at radius 3 is 1.81 bits per heavy atom. The molecule has 0 aliphatic carbocycles. The van der Waals surface area contributed by atoms with Crippen molar-refractivity contribution in [3.63, 3.8) is 0 Å². The molecule has 4 aromatic heterocycles. The van der Waals surface area contributed by atoms with Gasteiger partial charge in [0.25, 0.3) is 22.9 Å². The molecule has 0 saturated heterocycles. The lowest BCUT2D eigenvalue weighted by Crippen LogP contribution is -2.41. The second-order valence-electron chi connectivity index (χ2n) is 19.3. The maximum atomic E-state index is 15.4. The normalized spacial score (nSPS) is 12.1. The van der Waals surface area contributed by atoms with Crippen molar-refractivity contribution >= 4 is 56.6 Å². The predicted octanol–water partition coefficient (Wildman–Crippen LogP) is 10.6. The summed E-state index contributed by atoms with van der Waals surface area (Å²) < 4.78 is 98.8. The molecule has 10 aromatic rings. The molecule has 12 rings (SSSR count). The summed E-state index contributed by atoms with van der Waals surface area (Å²) in [6, 6.07) is 28.0. The van der Waals surface area contributed by atoms with Gasteiger partial charge in [0.1, 0.15) is 60.6 Å². The van der Waals surface area contributed by atoms with Crippen LogP contribution in [-0.4, -0.2) is 82.7 Å². The first-order valence-corrected chi connectivity index (χ1v) is 27.3. The average molecular weight is 1220 g/mol. The minimum atomic E-state index is -0.968. The number of nitrogens with zero attached hydrogens (tertiary/aromatic N) is 5. The van der Waals surface area contributed by atoms with E-state index < -0.39 is 51.6 Å². The number of nitrogens with one attached hydrogen (secondary N) is 2. The number of aromatic nitrogens is 5. The molecule has 2 aliphatic rings. The summed E-state index contributed by atoms with van der Waals surface area (Å²) in [6.07, 6.45) is 5.61. The number of pyridine rings is 3. The topological polar surface area (TPSA) is 233 Å².